The minimum absolute atomic E-state index is 0.0160. The lowest BCUT2D eigenvalue weighted by Gasteiger charge is -2.12. The number of nitriles is 1. The number of rotatable bonds is 7. The summed E-state index contributed by atoms with van der Waals surface area (Å²) in [4.78, 5) is 12.7. The summed E-state index contributed by atoms with van der Waals surface area (Å²) in [5, 5.41) is 13.0. The van der Waals surface area contributed by atoms with Crippen LogP contribution in [0.15, 0.2) is 66.2 Å². The fraction of sp³-hybridized carbons (Fsp3) is 0.154. The minimum Gasteiger partial charge on any atom is -0.493 e. The molecule has 0 aliphatic carbocycles. The molecule has 0 spiro atoms. The lowest BCUT2D eigenvalue weighted by atomic mass is 10.1. The van der Waals surface area contributed by atoms with Gasteiger partial charge in [-0.25, -0.2) is 0 Å². The maximum atomic E-state index is 12.7. The topological polar surface area (TPSA) is 71.3 Å². The van der Waals surface area contributed by atoms with Gasteiger partial charge in [0.15, 0.2) is 11.5 Å². The Balaban J connectivity index is 1.78. The van der Waals surface area contributed by atoms with E-state index in [0.29, 0.717) is 27.8 Å². The molecule has 0 aromatic heterocycles. The molecule has 0 unspecified atom stereocenters. The summed E-state index contributed by atoms with van der Waals surface area (Å²) in [6, 6.07) is 20.4. The van der Waals surface area contributed by atoms with Crippen molar-refractivity contribution < 1.29 is 14.3 Å². The number of nitrogens with one attached hydrogen (secondary N) is 1. The molecule has 5 nitrogen and oxygen atoms in total. The molecule has 3 aromatic carbocycles. The monoisotopic (exact) mass is 446 g/mol. The number of ether oxygens (including phenoxy) is 2. The van der Waals surface area contributed by atoms with Crippen LogP contribution in [-0.4, -0.2) is 13.0 Å². The molecule has 1 amide bonds. The molecule has 3 aromatic rings. The maximum Gasteiger partial charge on any atom is 0.266 e. The Hall–Kier alpha value is -3.75. The summed E-state index contributed by atoms with van der Waals surface area (Å²) in [5.41, 5.74) is 4.10. The van der Waals surface area contributed by atoms with Gasteiger partial charge in [-0.15, -0.1) is 0 Å². The van der Waals surface area contributed by atoms with E-state index in [9.17, 15) is 10.1 Å². The molecular weight excluding hydrogens is 424 g/mol. The highest BCUT2D eigenvalue weighted by molar-refractivity contribution is 6.31. The van der Waals surface area contributed by atoms with Crippen LogP contribution in [0.2, 0.25) is 5.02 Å². The molecule has 0 aliphatic heterocycles. The van der Waals surface area contributed by atoms with Crippen LogP contribution in [0.3, 0.4) is 0 Å². The zero-order valence-electron chi connectivity index (χ0n) is 18.1. The number of methoxy groups -OCH3 is 1. The average molecular weight is 447 g/mol. The number of hydrogen-bond acceptors (Lipinski definition) is 4. The fourth-order valence-corrected chi connectivity index (χ4v) is 3.23. The number of nitrogens with zero attached hydrogens (tertiary/aromatic N) is 1. The summed E-state index contributed by atoms with van der Waals surface area (Å²) in [6.45, 7) is 4.13. The van der Waals surface area contributed by atoms with Gasteiger partial charge in [0, 0.05) is 16.3 Å². The highest BCUT2D eigenvalue weighted by Gasteiger charge is 2.13. The predicted octanol–water partition coefficient (Wildman–Crippen LogP) is 6.09. The molecule has 0 fully saturated rings. The quantitative estimate of drug-likeness (QED) is 0.352. The Morgan fingerprint density at radius 2 is 1.88 bits per heavy atom. The number of benzene rings is 3. The van der Waals surface area contributed by atoms with Crippen LogP contribution in [0.5, 0.6) is 11.5 Å². The Morgan fingerprint density at radius 3 is 2.59 bits per heavy atom. The van der Waals surface area contributed by atoms with Crippen LogP contribution in [0.1, 0.15) is 22.3 Å². The van der Waals surface area contributed by atoms with Crippen molar-refractivity contribution in [2.75, 3.05) is 12.4 Å². The third-order valence-electron chi connectivity index (χ3n) is 4.85. The summed E-state index contributed by atoms with van der Waals surface area (Å²) >= 11 is 6.18. The van der Waals surface area contributed by atoms with E-state index in [0.717, 1.165) is 16.7 Å². The normalized spacial score (nSPS) is 10.9. The van der Waals surface area contributed by atoms with Crippen LogP contribution in [0.4, 0.5) is 5.69 Å². The second kappa shape index (κ2) is 10.5. The first-order chi connectivity index (χ1) is 15.4. The summed E-state index contributed by atoms with van der Waals surface area (Å²) in [7, 11) is 1.53. The highest BCUT2D eigenvalue weighted by atomic mass is 35.5. The molecule has 0 atom stereocenters. The van der Waals surface area contributed by atoms with Crippen LogP contribution in [0, 0.1) is 25.2 Å². The smallest absolute Gasteiger partial charge is 0.266 e. The molecule has 0 saturated carbocycles. The van der Waals surface area contributed by atoms with Crippen LogP contribution in [0.25, 0.3) is 6.08 Å². The van der Waals surface area contributed by atoms with Gasteiger partial charge >= 0.3 is 0 Å². The molecule has 162 valence electrons. The van der Waals surface area contributed by atoms with Crippen molar-refractivity contribution in [3.8, 4) is 17.6 Å². The fourth-order valence-electron chi connectivity index (χ4n) is 3.04. The van der Waals surface area contributed by atoms with Crippen molar-refractivity contribution in [3.63, 3.8) is 0 Å². The van der Waals surface area contributed by atoms with Gasteiger partial charge in [-0.05, 0) is 60.9 Å². The van der Waals surface area contributed by atoms with E-state index in [2.05, 4.69) is 5.32 Å². The van der Waals surface area contributed by atoms with E-state index in [1.165, 1.54) is 13.2 Å². The van der Waals surface area contributed by atoms with Crippen LogP contribution < -0.4 is 14.8 Å². The molecule has 6 heteroatoms. The lowest BCUT2D eigenvalue weighted by molar-refractivity contribution is -0.112. The number of aryl methyl sites for hydroxylation is 2. The van der Waals surface area contributed by atoms with Crippen LogP contribution >= 0.6 is 11.6 Å². The average Bonchev–Trinajstić information content (AvgIpc) is 2.79. The number of halogens is 1. The molecule has 0 radical (unpaired) electrons. The van der Waals surface area contributed by atoms with E-state index < -0.39 is 5.91 Å². The van der Waals surface area contributed by atoms with Gasteiger partial charge in [0.05, 0.1) is 7.11 Å². The Labute approximate surface area is 192 Å². The molecule has 0 bridgehead atoms. The van der Waals surface area contributed by atoms with Crippen molar-refractivity contribution >= 4 is 29.3 Å². The minimum atomic E-state index is -0.473. The van der Waals surface area contributed by atoms with Gasteiger partial charge in [-0.3, -0.25) is 4.79 Å². The second-order valence-electron chi connectivity index (χ2n) is 7.23. The maximum absolute atomic E-state index is 12.7. The van der Waals surface area contributed by atoms with Crippen molar-refractivity contribution in [1.29, 1.82) is 5.26 Å². The van der Waals surface area contributed by atoms with Gasteiger partial charge in [0.2, 0.25) is 0 Å². The lowest BCUT2D eigenvalue weighted by Crippen LogP contribution is -2.14. The van der Waals surface area contributed by atoms with Crippen LogP contribution in [-0.2, 0) is 11.4 Å². The number of amides is 1. The zero-order valence-corrected chi connectivity index (χ0v) is 18.9. The summed E-state index contributed by atoms with van der Waals surface area (Å²) in [6.07, 6.45) is 1.51. The largest absolute Gasteiger partial charge is 0.493 e. The predicted molar refractivity (Wildman–Crippen MR) is 127 cm³/mol. The first-order valence-corrected chi connectivity index (χ1v) is 10.3. The Bertz CT molecular complexity index is 1210. The van der Waals surface area contributed by atoms with Gasteiger partial charge in [0.25, 0.3) is 5.91 Å². The zero-order chi connectivity index (χ0) is 23.1. The Kier molecular flexibility index (Phi) is 7.54. The molecule has 32 heavy (non-hydrogen) atoms. The first kappa shape index (κ1) is 22.9. The third kappa shape index (κ3) is 5.69. The number of anilines is 1. The van der Waals surface area contributed by atoms with Crippen molar-refractivity contribution in [2.24, 2.45) is 0 Å². The number of hydrogen-bond donors (Lipinski definition) is 1. The van der Waals surface area contributed by atoms with Gasteiger partial charge in [-0.2, -0.15) is 5.26 Å². The highest BCUT2D eigenvalue weighted by Crippen LogP contribution is 2.30. The number of carbonyl (C=O) groups is 1. The standard InChI is InChI=1S/C26H23ClN2O3/c1-17-8-9-18(2)23(12-17)29-26(30)21(15-28)13-19-10-11-24(25(14-19)31-3)32-16-20-6-4-5-7-22(20)27/h4-14H,16H2,1-3H3,(H,29,30)/b21-13-. The van der Waals surface area contributed by atoms with E-state index >= 15 is 0 Å². The summed E-state index contributed by atoms with van der Waals surface area (Å²) < 4.78 is 11.3. The number of carbonyl (C=O) groups excluding carboxylic acids is 1. The first-order valence-electron chi connectivity index (χ1n) is 9.96. The molecule has 3 rings (SSSR count). The van der Waals surface area contributed by atoms with E-state index in [4.69, 9.17) is 21.1 Å². The van der Waals surface area contributed by atoms with E-state index in [1.54, 1.807) is 24.3 Å². The van der Waals surface area contributed by atoms with E-state index in [-0.39, 0.29) is 12.2 Å². The van der Waals surface area contributed by atoms with Crippen molar-refractivity contribution in [2.45, 2.75) is 20.5 Å². The molecule has 0 aliphatic rings. The van der Waals surface area contributed by atoms with Crippen molar-refractivity contribution in [1.82, 2.24) is 0 Å². The molecular formula is C26H23ClN2O3. The summed E-state index contributed by atoms with van der Waals surface area (Å²) in [5.74, 6) is 0.542. The third-order valence-corrected chi connectivity index (χ3v) is 5.21. The second-order valence-corrected chi connectivity index (χ2v) is 7.64. The SMILES string of the molecule is COc1cc(/C=C(/C#N)C(=O)Nc2cc(C)ccc2C)ccc1OCc1ccccc1Cl. The molecule has 0 saturated heterocycles. The van der Waals surface area contributed by atoms with Gasteiger partial charge < -0.3 is 14.8 Å². The van der Waals surface area contributed by atoms with Gasteiger partial charge in [-0.1, -0.05) is 48.0 Å². The van der Waals surface area contributed by atoms with E-state index in [1.807, 2.05) is 56.3 Å². The Morgan fingerprint density at radius 1 is 1.09 bits per heavy atom. The van der Waals surface area contributed by atoms with Crippen molar-refractivity contribution in [3.05, 3.63) is 93.5 Å². The molecule has 0 heterocycles. The molecule has 1 N–H and O–H groups in total. The van der Waals surface area contributed by atoms with Gasteiger partial charge in [0.1, 0.15) is 18.2 Å².